The summed E-state index contributed by atoms with van der Waals surface area (Å²) in [5.41, 5.74) is 4.52. The maximum absolute atomic E-state index is 13.2. The van der Waals surface area contributed by atoms with E-state index in [1.807, 2.05) is 60.7 Å². The van der Waals surface area contributed by atoms with Crippen molar-refractivity contribution in [2.75, 3.05) is 10.7 Å². The Labute approximate surface area is 257 Å². The first-order valence-corrected chi connectivity index (χ1v) is 15.1. The van der Waals surface area contributed by atoms with Crippen LogP contribution in [0.1, 0.15) is 56.2 Å². The lowest BCUT2D eigenvalue weighted by Gasteiger charge is -2.36. The zero-order chi connectivity index (χ0) is 30.0. The highest BCUT2D eigenvalue weighted by atomic mass is 32.2. The third-order valence-corrected chi connectivity index (χ3v) is 8.70. The van der Waals surface area contributed by atoms with E-state index in [0.29, 0.717) is 39.7 Å². The Kier molecular flexibility index (Phi) is 7.75. The van der Waals surface area contributed by atoms with Gasteiger partial charge in [-0.1, -0.05) is 78.5 Å². The molecule has 1 fully saturated rings. The number of nitrogens with zero attached hydrogens (tertiary/aromatic N) is 5. The third kappa shape index (κ3) is 5.42. The minimum Gasteiger partial charge on any atom is -0.392 e. The molecule has 5 aromatic rings. The number of aliphatic hydroxyl groups excluding tert-OH is 1. The van der Waals surface area contributed by atoms with Crippen LogP contribution in [0.15, 0.2) is 108 Å². The summed E-state index contributed by atoms with van der Waals surface area (Å²) in [7, 11) is 0. The number of hydrogen-bond donors (Lipinski definition) is 1. The van der Waals surface area contributed by atoms with Crippen LogP contribution >= 0.6 is 11.8 Å². The fourth-order valence-electron chi connectivity index (χ4n) is 5.42. The lowest BCUT2D eigenvalue weighted by Crippen LogP contribution is -2.32. The standard InChI is InChI=1S/C33H27N5O5S/c39-19-21-13-15-22(16-14-21)29-18-26(20-44-33-34-35-36-38(33)24-8-2-1-3-9-24)42-32(43-29)23-7-6-10-25(17-23)37-30(40)27-11-4-5-12-28(27)31(37)41/h1-17,26,29,32,39H,18-20H2/t26-,29+,32+/m1/s1. The first kappa shape index (κ1) is 28.1. The Balaban J connectivity index is 1.15. The fraction of sp³-hybridized carbons (Fsp3) is 0.182. The molecule has 1 aromatic heterocycles. The van der Waals surface area contributed by atoms with Crippen molar-refractivity contribution in [1.82, 2.24) is 20.2 Å². The molecule has 0 radical (unpaired) electrons. The number of para-hydroxylation sites is 1. The minimum absolute atomic E-state index is 0.0441. The van der Waals surface area contributed by atoms with Gasteiger partial charge in [0.25, 0.3) is 11.8 Å². The quantitative estimate of drug-likeness (QED) is 0.186. The van der Waals surface area contributed by atoms with Gasteiger partial charge in [-0.05, 0) is 58.0 Å². The maximum atomic E-state index is 13.2. The molecule has 3 heterocycles. The number of benzene rings is 4. The molecule has 2 aliphatic rings. The van der Waals surface area contributed by atoms with Crippen LogP contribution in [0.3, 0.4) is 0 Å². The second kappa shape index (κ2) is 12.1. The number of fused-ring (bicyclic) bond motifs is 1. The van der Waals surface area contributed by atoms with Gasteiger partial charge in [0.05, 0.1) is 41.3 Å². The normalized spacial score (nSPS) is 19.8. The predicted octanol–water partition coefficient (Wildman–Crippen LogP) is 5.29. The molecule has 1 N–H and O–H groups in total. The molecule has 0 spiro atoms. The number of aromatic nitrogens is 4. The van der Waals surface area contributed by atoms with Gasteiger partial charge in [-0.2, -0.15) is 4.68 Å². The zero-order valence-electron chi connectivity index (χ0n) is 23.4. The van der Waals surface area contributed by atoms with Crippen molar-refractivity contribution in [3.63, 3.8) is 0 Å². The molecule has 2 aliphatic heterocycles. The molecule has 0 saturated carbocycles. The average molecular weight is 606 g/mol. The van der Waals surface area contributed by atoms with Crippen LogP contribution in [-0.4, -0.2) is 49.0 Å². The SMILES string of the molecule is O=C1c2ccccc2C(=O)N1c1cccc([C@H]2O[C@@H](CSc3nnnn3-c3ccccc3)C[C@@H](c3ccc(CO)cc3)O2)c1. The summed E-state index contributed by atoms with van der Waals surface area (Å²) in [6.07, 6.45) is -0.741. The lowest BCUT2D eigenvalue weighted by molar-refractivity contribution is -0.245. The monoisotopic (exact) mass is 605 g/mol. The number of tetrazole rings is 1. The fourth-order valence-corrected chi connectivity index (χ4v) is 6.33. The van der Waals surface area contributed by atoms with Crippen LogP contribution in [0, 0.1) is 0 Å². The number of hydrogen-bond acceptors (Lipinski definition) is 9. The van der Waals surface area contributed by atoms with Crippen molar-refractivity contribution >= 4 is 29.3 Å². The summed E-state index contributed by atoms with van der Waals surface area (Å²) >= 11 is 1.49. The Morgan fingerprint density at radius 2 is 1.50 bits per heavy atom. The molecule has 7 rings (SSSR count). The summed E-state index contributed by atoms with van der Waals surface area (Å²) in [5, 5.41) is 22.4. The van der Waals surface area contributed by atoms with Crippen LogP contribution in [-0.2, 0) is 16.1 Å². The van der Waals surface area contributed by atoms with Crippen molar-refractivity contribution in [3.8, 4) is 5.69 Å². The van der Waals surface area contributed by atoms with E-state index in [9.17, 15) is 14.7 Å². The lowest BCUT2D eigenvalue weighted by atomic mass is 10.0. The van der Waals surface area contributed by atoms with Crippen LogP contribution < -0.4 is 4.90 Å². The molecule has 0 aliphatic carbocycles. The molecule has 11 heteroatoms. The third-order valence-electron chi connectivity index (χ3n) is 7.65. The Morgan fingerprint density at radius 3 is 2.23 bits per heavy atom. The van der Waals surface area contributed by atoms with Crippen molar-refractivity contribution in [2.45, 2.75) is 36.7 Å². The number of thioether (sulfide) groups is 1. The van der Waals surface area contributed by atoms with Gasteiger partial charge in [0, 0.05) is 17.7 Å². The maximum Gasteiger partial charge on any atom is 0.266 e. The highest BCUT2D eigenvalue weighted by Gasteiger charge is 2.37. The van der Waals surface area contributed by atoms with Gasteiger partial charge in [0.1, 0.15) is 0 Å². The van der Waals surface area contributed by atoms with Crippen molar-refractivity contribution in [3.05, 3.63) is 131 Å². The molecule has 4 aromatic carbocycles. The molecule has 220 valence electrons. The smallest absolute Gasteiger partial charge is 0.266 e. The molecule has 10 nitrogen and oxygen atoms in total. The predicted molar refractivity (Wildman–Crippen MR) is 162 cm³/mol. The molecule has 0 bridgehead atoms. The Bertz CT molecular complexity index is 1780. The topological polar surface area (TPSA) is 120 Å². The first-order chi connectivity index (χ1) is 21.6. The van der Waals surface area contributed by atoms with Crippen molar-refractivity contribution < 1.29 is 24.2 Å². The highest BCUT2D eigenvalue weighted by Crippen LogP contribution is 2.40. The summed E-state index contributed by atoms with van der Waals surface area (Å²) in [4.78, 5) is 27.5. The van der Waals surface area contributed by atoms with E-state index >= 15 is 0 Å². The van der Waals surface area contributed by atoms with Gasteiger partial charge in [-0.25, -0.2) is 4.90 Å². The van der Waals surface area contributed by atoms with E-state index in [0.717, 1.165) is 16.8 Å². The minimum atomic E-state index is -0.767. The molecular formula is C33H27N5O5S. The summed E-state index contributed by atoms with van der Waals surface area (Å²) in [6.45, 7) is -0.0441. The molecule has 2 amide bonds. The molecular weight excluding hydrogens is 578 g/mol. The molecule has 3 atom stereocenters. The van der Waals surface area contributed by atoms with Gasteiger partial charge < -0.3 is 14.6 Å². The summed E-state index contributed by atoms with van der Waals surface area (Å²) in [5.74, 6) is -0.169. The Morgan fingerprint density at radius 1 is 0.795 bits per heavy atom. The number of ether oxygens (including phenoxy) is 2. The van der Waals surface area contributed by atoms with Gasteiger partial charge in [-0.15, -0.1) is 5.10 Å². The second-order valence-electron chi connectivity index (χ2n) is 10.5. The van der Waals surface area contributed by atoms with E-state index in [4.69, 9.17) is 9.47 Å². The van der Waals surface area contributed by atoms with Crippen LogP contribution in [0.5, 0.6) is 0 Å². The van der Waals surface area contributed by atoms with E-state index < -0.39 is 6.29 Å². The second-order valence-corrected chi connectivity index (χ2v) is 11.4. The number of carbonyl (C=O) groups is 2. The van der Waals surface area contributed by atoms with Crippen molar-refractivity contribution in [2.24, 2.45) is 0 Å². The van der Waals surface area contributed by atoms with E-state index in [2.05, 4.69) is 15.5 Å². The van der Waals surface area contributed by atoms with Crippen LogP contribution in [0.4, 0.5) is 5.69 Å². The number of carbonyl (C=O) groups excluding carboxylic acids is 2. The zero-order valence-corrected chi connectivity index (χ0v) is 24.2. The largest absolute Gasteiger partial charge is 0.392 e. The number of anilines is 1. The van der Waals surface area contributed by atoms with Gasteiger partial charge in [-0.3, -0.25) is 9.59 Å². The van der Waals surface area contributed by atoms with Crippen LogP contribution in [0.25, 0.3) is 5.69 Å². The van der Waals surface area contributed by atoms with Crippen LogP contribution in [0.2, 0.25) is 0 Å². The average Bonchev–Trinajstić information content (AvgIpc) is 3.66. The van der Waals surface area contributed by atoms with E-state index in [1.54, 1.807) is 47.1 Å². The van der Waals surface area contributed by atoms with E-state index in [-0.39, 0.29) is 30.6 Å². The summed E-state index contributed by atoms with van der Waals surface area (Å²) < 4.78 is 14.7. The molecule has 44 heavy (non-hydrogen) atoms. The van der Waals surface area contributed by atoms with Gasteiger partial charge >= 0.3 is 0 Å². The number of amides is 2. The van der Waals surface area contributed by atoms with Crippen molar-refractivity contribution in [1.29, 1.82) is 0 Å². The van der Waals surface area contributed by atoms with Gasteiger partial charge in [0.2, 0.25) is 5.16 Å². The molecule has 0 unspecified atom stereocenters. The Hall–Kier alpha value is -4.68. The first-order valence-electron chi connectivity index (χ1n) is 14.1. The number of rotatable bonds is 8. The molecule has 1 saturated heterocycles. The number of imide groups is 1. The highest BCUT2D eigenvalue weighted by molar-refractivity contribution is 7.99. The van der Waals surface area contributed by atoms with Gasteiger partial charge in [0.15, 0.2) is 6.29 Å². The van der Waals surface area contributed by atoms with E-state index in [1.165, 1.54) is 16.7 Å². The summed E-state index contributed by atoms with van der Waals surface area (Å²) in [6, 6.07) is 31.3. The number of aliphatic hydroxyl groups is 1.